The first kappa shape index (κ1) is 17.3. The molecule has 0 saturated carbocycles. The van der Waals surface area contributed by atoms with E-state index in [1.807, 2.05) is 23.1 Å². The van der Waals surface area contributed by atoms with Gasteiger partial charge < -0.3 is 19.3 Å². The van der Waals surface area contributed by atoms with E-state index in [1.54, 1.807) is 19.1 Å². The number of carbonyl (C=O) groups is 2. The van der Waals surface area contributed by atoms with Gasteiger partial charge in [0.25, 0.3) is 0 Å². The van der Waals surface area contributed by atoms with Crippen LogP contribution in [0, 0.1) is 0 Å². The highest BCUT2D eigenvalue weighted by Crippen LogP contribution is 2.34. The summed E-state index contributed by atoms with van der Waals surface area (Å²) in [5.41, 5.74) is 3.02. The number of rotatable bonds is 4. The standard InChI is InChI=1S/C19H24N2O4/c1-24-17-11-14-4-3-5-15(10-16(14)12-18(17)25-2)19(23)21-8-6-20(13-22)7-9-21/h10-13H,3-9H2,1-2H3. The van der Waals surface area contributed by atoms with E-state index in [2.05, 4.69) is 0 Å². The van der Waals surface area contributed by atoms with Gasteiger partial charge in [-0.2, -0.15) is 0 Å². The van der Waals surface area contributed by atoms with Gasteiger partial charge in [0, 0.05) is 31.8 Å². The van der Waals surface area contributed by atoms with Crippen molar-refractivity contribution >= 4 is 18.4 Å². The number of hydrogen-bond acceptors (Lipinski definition) is 4. The van der Waals surface area contributed by atoms with E-state index in [-0.39, 0.29) is 5.91 Å². The number of amides is 2. The minimum atomic E-state index is 0.0770. The van der Waals surface area contributed by atoms with Crippen molar-refractivity contribution in [2.75, 3.05) is 40.4 Å². The molecule has 1 fully saturated rings. The average molecular weight is 344 g/mol. The summed E-state index contributed by atoms with van der Waals surface area (Å²) in [4.78, 5) is 27.3. The van der Waals surface area contributed by atoms with Crippen molar-refractivity contribution in [3.05, 3.63) is 28.8 Å². The summed E-state index contributed by atoms with van der Waals surface area (Å²) in [5.74, 6) is 1.47. The Labute approximate surface area is 148 Å². The van der Waals surface area contributed by atoms with E-state index < -0.39 is 0 Å². The fourth-order valence-electron chi connectivity index (χ4n) is 3.42. The second-order valence-electron chi connectivity index (χ2n) is 6.36. The highest BCUT2D eigenvalue weighted by atomic mass is 16.5. The van der Waals surface area contributed by atoms with Gasteiger partial charge in [0.1, 0.15) is 0 Å². The number of hydrogen-bond donors (Lipinski definition) is 0. The third kappa shape index (κ3) is 3.62. The minimum Gasteiger partial charge on any atom is -0.493 e. The lowest BCUT2D eigenvalue weighted by Crippen LogP contribution is -2.48. The predicted octanol–water partition coefficient (Wildman–Crippen LogP) is 1.72. The van der Waals surface area contributed by atoms with Crippen molar-refractivity contribution in [1.82, 2.24) is 9.80 Å². The first-order valence-corrected chi connectivity index (χ1v) is 8.60. The number of piperazine rings is 1. The number of aryl methyl sites for hydroxylation is 1. The lowest BCUT2D eigenvalue weighted by molar-refractivity contribution is -0.131. The Morgan fingerprint density at radius 3 is 2.36 bits per heavy atom. The summed E-state index contributed by atoms with van der Waals surface area (Å²) in [6.45, 7) is 2.38. The van der Waals surface area contributed by atoms with Crippen molar-refractivity contribution in [2.45, 2.75) is 19.3 Å². The normalized spacial score (nSPS) is 17.3. The summed E-state index contributed by atoms with van der Waals surface area (Å²) in [6, 6.07) is 3.94. The van der Waals surface area contributed by atoms with Gasteiger partial charge in [0.05, 0.1) is 14.2 Å². The van der Waals surface area contributed by atoms with Gasteiger partial charge in [-0.25, -0.2) is 0 Å². The third-order valence-corrected chi connectivity index (χ3v) is 4.89. The van der Waals surface area contributed by atoms with Crippen LogP contribution in [0.4, 0.5) is 0 Å². The first-order valence-electron chi connectivity index (χ1n) is 8.60. The highest BCUT2D eigenvalue weighted by Gasteiger charge is 2.24. The summed E-state index contributed by atoms with van der Waals surface area (Å²) < 4.78 is 10.8. The quantitative estimate of drug-likeness (QED) is 0.781. The minimum absolute atomic E-state index is 0.0770. The van der Waals surface area contributed by atoms with Crippen LogP contribution in [0.2, 0.25) is 0 Å². The van der Waals surface area contributed by atoms with Gasteiger partial charge >= 0.3 is 0 Å². The molecule has 2 aliphatic rings. The molecule has 6 nitrogen and oxygen atoms in total. The molecule has 1 aromatic rings. The van der Waals surface area contributed by atoms with Crippen molar-refractivity contribution in [1.29, 1.82) is 0 Å². The molecule has 1 aliphatic carbocycles. The van der Waals surface area contributed by atoms with Crippen LogP contribution in [0.1, 0.15) is 24.0 Å². The zero-order valence-electron chi connectivity index (χ0n) is 14.8. The van der Waals surface area contributed by atoms with E-state index in [0.29, 0.717) is 31.9 Å². The molecule has 0 N–H and O–H groups in total. The Morgan fingerprint density at radius 1 is 1.04 bits per heavy atom. The Morgan fingerprint density at radius 2 is 1.72 bits per heavy atom. The average Bonchev–Trinajstić information content (AvgIpc) is 2.88. The monoisotopic (exact) mass is 344 g/mol. The van der Waals surface area contributed by atoms with Crippen LogP contribution in [0.3, 0.4) is 0 Å². The van der Waals surface area contributed by atoms with Crippen LogP contribution in [-0.4, -0.2) is 62.5 Å². The van der Waals surface area contributed by atoms with Crippen LogP contribution in [0.15, 0.2) is 17.7 Å². The van der Waals surface area contributed by atoms with Gasteiger partial charge in [0.2, 0.25) is 12.3 Å². The Kier molecular flexibility index (Phi) is 5.26. The van der Waals surface area contributed by atoms with E-state index in [4.69, 9.17) is 9.47 Å². The molecule has 1 heterocycles. The lowest BCUT2D eigenvalue weighted by Gasteiger charge is -2.33. The van der Waals surface area contributed by atoms with Crippen LogP contribution >= 0.6 is 0 Å². The summed E-state index contributed by atoms with van der Waals surface area (Å²) in [7, 11) is 3.24. The second kappa shape index (κ2) is 7.59. The zero-order valence-corrected chi connectivity index (χ0v) is 14.8. The van der Waals surface area contributed by atoms with Crippen molar-refractivity contribution in [3.63, 3.8) is 0 Å². The molecule has 0 atom stereocenters. The SMILES string of the molecule is COc1cc2c(cc1OC)CCCC(C(=O)N1CCN(C=O)CC1)=C2. The van der Waals surface area contributed by atoms with E-state index in [1.165, 1.54) is 5.56 Å². The predicted molar refractivity (Wildman–Crippen MR) is 94.7 cm³/mol. The first-order chi connectivity index (χ1) is 12.2. The molecule has 6 heteroatoms. The molecule has 0 aromatic heterocycles. The molecule has 0 bridgehead atoms. The molecule has 0 radical (unpaired) electrons. The molecule has 1 aliphatic heterocycles. The van der Waals surface area contributed by atoms with Crippen molar-refractivity contribution in [3.8, 4) is 11.5 Å². The molecule has 134 valence electrons. The number of ether oxygens (including phenoxy) is 2. The number of carbonyl (C=O) groups excluding carboxylic acids is 2. The van der Waals surface area contributed by atoms with E-state index >= 15 is 0 Å². The molecule has 25 heavy (non-hydrogen) atoms. The number of methoxy groups -OCH3 is 2. The van der Waals surface area contributed by atoms with Gasteiger partial charge in [-0.3, -0.25) is 9.59 Å². The summed E-state index contributed by atoms with van der Waals surface area (Å²) in [6.07, 6.45) is 5.42. The number of benzene rings is 1. The highest BCUT2D eigenvalue weighted by molar-refractivity contribution is 5.98. The van der Waals surface area contributed by atoms with Crippen LogP contribution < -0.4 is 9.47 Å². The number of fused-ring (bicyclic) bond motifs is 1. The molecule has 2 amide bonds. The molecule has 1 aromatic carbocycles. The smallest absolute Gasteiger partial charge is 0.249 e. The van der Waals surface area contributed by atoms with Gasteiger partial charge in [0.15, 0.2) is 11.5 Å². The van der Waals surface area contributed by atoms with Gasteiger partial charge in [-0.1, -0.05) is 0 Å². The summed E-state index contributed by atoms with van der Waals surface area (Å²) in [5, 5.41) is 0. The molecule has 1 saturated heterocycles. The van der Waals surface area contributed by atoms with Crippen LogP contribution in [-0.2, 0) is 16.0 Å². The topological polar surface area (TPSA) is 59.1 Å². The maximum Gasteiger partial charge on any atom is 0.249 e. The van der Waals surface area contributed by atoms with Crippen molar-refractivity contribution in [2.24, 2.45) is 0 Å². The van der Waals surface area contributed by atoms with E-state index in [9.17, 15) is 9.59 Å². The molecule has 0 unspecified atom stereocenters. The molecular formula is C19H24N2O4. The number of nitrogens with zero attached hydrogens (tertiary/aromatic N) is 2. The van der Waals surface area contributed by atoms with Gasteiger partial charge in [-0.15, -0.1) is 0 Å². The van der Waals surface area contributed by atoms with Crippen LogP contribution in [0.5, 0.6) is 11.5 Å². The Hall–Kier alpha value is -2.50. The van der Waals surface area contributed by atoms with Gasteiger partial charge in [-0.05, 0) is 48.6 Å². The Bertz CT molecular complexity index is 691. The summed E-state index contributed by atoms with van der Waals surface area (Å²) >= 11 is 0. The van der Waals surface area contributed by atoms with Crippen LogP contribution in [0.25, 0.3) is 6.08 Å². The molecule has 0 spiro atoms. The maximum absolute atomic E-state index is 12.9. The second-order valence-corrected chi connectivity index (χ2v) is 6.36. The largest absolute Gasteiger partial charge is 0.493 e. The molecule has 3 rings (SSSR count). The third-order valence-electron chi connectivity index (χ3n) is 4.89. The fraction of sp³-hybridized carbons (Fsp3) is 0.474. The van der Waals surface area contributed by atoms with Crippen molar-refractivity contribution < 1.29 is 19.1 Å². The van der Waals surface area contributed by atoms with E-state index in [0.717, 1.165) is 42.6 Å². The fourth-order valence-corrected chi connectivity index (χ4v) is 3.42. The zero-order chi connectivity index (χ0) is 17.8. The Balaban J connectivity index is 1.84. The lowest BCUT2D eigenvalue weighted by atomic mass is 10.0. The molecular weight excluding hydrogens is 320 g/mol. The maximum atomic E-state index is 12.9.